The molecule has 1 heterocycles. The number of nitrogens with two attached hydrogens (primary N) is 1. The van der Waals surface area contributed by atoms with E-state index in [0.717, 1.165) is 17.5 Å². The minimum Gasteiger partial charge on any atom is -0.329 e. The van der Waals surface area contributed by atoms with Gasteiger partial charge in [0.1, 0.15) is 0 Å². The van der Waals surface area contributed by atoms with Crippen molar-refractivity contribution in [2.45, 2.75) is 25.3 Å². The Labute approximate surface area is 99.8 Å². The Balaban J connectivity index is 1.80. The number of hydrogen-bond acceptors (Lipinski definition) is 3. The molecule has 1 aromatic rings. The van der Waals surface area contributed by atoms with E-state index in [2.05, 4.69) is 5.32 Å². The van der Waals surface area contributed by atoms with Gasteiger partial charge in [0.2, 0.25) is 0 Å². The van der Waals surface area contributed by atoms with Crippen molar-refractivity contribution in [1.82, 2.24) is 5.32 Å². The fourth-order valence-corrected chi connectivity index (χ4v) is 2.85. The first-order valence-electron chi connectivity index (χ1n) is 5.47. The number of nitrogens with one attached hydrogen (secondary N) is 1. The number of rotatable bonds is 6. The van der Waals surface area contributed by atoms with E-state index in [-0.39, 0.29) is 6.04 Å². The third-order valence-electron chi connectivity index (χ3n) is 2.81. The van der Waals surface area contributed by atoms with Gasteiger partial charge in [-0.25, -0.2) is 0 Å². The molecule has 84 valence electrons. The van der Waals surface area contributed by atoms with Crippen LogP contribution in [0.3, 0.4) is 0 Å². The molecule has 3 N–H and O–H groups in total. The topological polar surface area (TPSA) is 38.0 Å². The lowest BCUT2D eigenvalue weighted by atomic mass is 10.2. The summed E-state index contributed by atoms with van der Waals surface area (Å²) in [5.41, 5.74) is 5.75. The van der Waals surface area contributed by atoms with Gasteiger partial charge in [0, 0.05) is 16.8 Å². The molecule has 0 saturated heterocycles. The second-order valence-electron chi connectivity index (χ2n) is 4.14. The van der Waals surface area contributed by atoms with Crippen LogP contribution >= 0.6 is 22.9 Å². The minimum atomic E-state index is 0.279. The molecule has 1 aliphatic carbocycles. The molecule has 0 amide bonds. The van der Waals surface area contributed by atoms with Crippen LogP contribution in [0.1, 0.15) is 30.2 Å². The van der Waals surface area contributed by atoms with Crippen molar-refractivity contribution in [2.75, 3.05) is 13.1 Å². The molecule has 4 heteroatoms. The second-order valence-corrected chi connectivity index (χ2v) is 5.52. The van der Waals surface area contributed by atoms with Crippen molar-refractivity contribution in [2.24, 2.45) is 11.7 Å². The van der Waals surface area contributed by atoms with Crippen LogP contribution in [-0.4, -0.2) is 13.1 Å². The van der Waals surface area contributed by atoms with E-state index in [9.17, 15) is 0 Å². The SMILES string of the molecule is NCC(NCCC1CC1)c1cc(Cl)cs1. The molecule has 15 heavy (non-hydrogen) atoms. The molecule has 1 aromatic heterocycles. The maximum atomic E-state index is 5.90. The molecular weight excluding hydrogens is 228 g/mol. The molecule has 0 aromatic carbocycles. The average molecular weight is 245 g/mol. The first-order chi connectivity index (χ1) is 7.29. The highest BCUT2D eigenvalue weighted by Crippen LogP contribution is 2.32. The average Bonchev–Trinajstić information content (AvgIpc) is 2.96. The fraction of sp³-hybridized carbons (Fsp3) is 0.636. The third kappa shape index (κ3) is 3.45. The van der Waals surface area contributed by atoms with Crippen molar-refractivity contribution < 1.29 is 0 Å². The summed E-state index contributed by atoms with van der Waals surface area (Å²) in [6, 6.07) is 2.29. The van der Waals surface area contributed by atoms with Crippen LogP contribution in [0.15, 0.2) is 11.4 Å². The Morgan fingerprint density at radius 2 is 2.40 bits per heavy atom. The van der Waals surface area contributed by atoms with Gasteiger partial charge in [-0.1, -0.05) is 24.4 Å². The van der Waals surface area contributed by atoms with E-state index in [4.69, 9.17) is 17.3 Å². The molecule has 1 saturated carbocycles. The van der Waals surface area contributed by atoms with Crippen molar-refractivity contribution in [3.8, 4) is 0 Å². The largest absolute Gasteiger partial charge is 0.329 e. The van der Waals surface area contributed by atoms with Crippen LogP contribution in [0.25, 0.3) is 0 Å². The highest BCUT2D eigenvalue weighted by atomic mass is 35.5. The maximum absolute atomic E-state index is 5.90. The summed E-state index contributed by atoms with van der Waals surface area (Å²) in [6.45, 7) is 1.71. The van der Waals surface area contributed by atoms with Crippen LogP contribution in [0.2, 0.25) is 5.02 Å². The van der Waals surface area contributed by atoms with E-state index in [1.165, 1.54) is 24.1 Å². The smallest absolute Gasteiger partial charge is 0.0539 e. The summed E-state index contributed by atoms with van der Waals surface area (Å²) in [7, 11) is 0. The van der Waals surface area contributed by atoms with Crippen molar-refractivity contribution in [3.05, 3.63) is 21.3 Å². The first-order valence-corrected chi connectivity index (χ1v) is 6.72. The fourth-order valence-electron chi connectivity index (χ4n) is 1.68. The van der Waals surface area contributed by atoms with Crippen molar-refractivity contribution in [1.29, 1.82) is 0 Å². The lowest BCUT2D eigenvalue weighted by molar-refractivity contribution is 0.522. The van der Waals surface area contributed by atoms with E-state index in [1.54, 1.807) is 11.3 Å². The molecule has 1 aliphatic rings. The zero-order valence-electron chi connectivity index (χ0n) is 8.71. The molecule has 1 atom stereocenters. The molecule has 0 spiro atoms. The maximum Gasteiger partial charge on any atom is 0.0539 e. The van der Waals surface area contributed by atoms with E-state index < -0.39 is 0 Å². The minimum absolute atomic E-state index is 0.279. The van der Waals surface area contributed by atoms with Gasteiger partial charge >= 0.3 is 0 Å². The van der Waals surface area contributed by atoms with Gasteiger partial charge in [0.15, 0.2) is 0 Å². The molecule has 1 unspecified atom stereocenters. The summed E-state index contributed by atoms with van der Waals surface area (Å²) in [5, 5.41) is 6.27. The van der Waals surface area contributed by atoms with Crippen LogP contribution < -0.4 is 11.1 Å². The van der Waals surface area contributed by atoms with E-state index >= 15 is 0 Å². The van der Waals surface area contributed by atoms with Gasteiger partial charge in [-0.05, 0) is 24.9 Å². The number of thiophene rings is 1. The van der Waals surface area contributed by atoms with Crippen LogP contribution in [0.4, 0.5) is 0 Å². The van der Waals surface area contributed by atoms with Crippen LogP contribution in [0, 0.1) is 5.92 Å². The molecular formula is C11H17ClN2S. The molecule has 0 radical (unpaired) electrons. The predicted molar refractivity (Wildman–Crippen MR) is 66.5 cm³/mol. The highest BCUT2D eigenvalue weighted by molar-refractivity contribution is 7.10. The Kier molecular flexibility index (Phi) is 4.03. The quantitative estimate of drug-likeness (QED) is 0.808. The normalized spacial score (nSPS) is 18.0. The Hall–Kier alpha value is -0.0900. The summed E-state index contributed by atoms with van der Waals surface area (Å²) in [4.78, 5) is 1.25. The van der Waals surface area contributed by atoms with Gasteiger partial charge in [0.25, 0.3) is 0 Å². The van der Waals surface area contributed by atoms with E-state index in [1.807, 2.05) is 11.4 Å². The Morgan fingerprint density at radius 3 is 2.93 bits per heavy atom. The lowest BCUT2D eigenvalue weighted by Crippen LogP contribution is -2.28. The molecule has 0 bridgehead atoms. The summed E-state index contributed by atoms with van der Waals surface area (Å²) >= 11 is 7.58. The predicted octanol–water partition coefficient (Wildman–Crippen LogP) is 2.79. The van der Waals surface area contributed by atoms with E-state index in [0.29, 0.717) is 6.54 Å². The van der Waals surface area contributed by atoms with Gasteiger partial charge < -0.3 is 11.1 Å². The van der Waals surface area contributed by atoms with Crippen LogP contribution in [-0.2, 0) is 0 Å². The molecule has 2 rings (SSSR count). The zero-order valence-corrected chi connectivity index (χ0v) is 10.3. The summed E-state index contributed by atoms with van der Waals surface area (Å²) < 4.78 is 0. The first kappa shape index (κ1) is 11.4. The molecule has 0 aliphatic heterocycles. The van der Waals surface area contributed by atoms with Gasteiger partial charge in [-0.3, -0.25) is 0 Å². The zero-order chi connectivity index (χ0) is 10.7. The molecule has 1 fully saturated rings. The molecule has 2 nitrogen and oxygen atoms in total. The monoisotopic (exact) mass is 244 g/mol. The second kappa shape index (κ2) is 5.30. The Morgan fingerprint density at radius 1 is 1.60 bits per heavy atom. The van der Waals surface area contributed by atoms with Crippen molar-refractivity contribution in [3.63, 3.8) is 0 Å². The number of hydrogen-bond donors (Lipinski definition) is 2. The van der Waals surface area contributed by atoms with Gasteiger partial charge in [-0.2, -0.15) is 0 Å². The Bertz CT molecular complexity index is 309. The van der Waals surface area contributed by atoms with Crippen molar-refractivity contribution >= 4 is 22.9 Å². The number of halogens is 1. The standard InChI is InChI=1S/C11H17ClN2S/c12-9-5-11(15-7-9)10(6-13)14-4-3-8-1-2-8/h5,7-8,10,14H,1-4,6,13H2. The summed E-state index contributed by atoms with van der Waals surface area (Å²) in [5.74, 6) is 0.975. The highest BCUT2D eigenvalue weighted by Gasteiger charge is 2.21. The lowest BCUT2D eigenvalue weighted by Gasteiger charge is -2.14. The summed E-state index contributed by atoms with van der Waals surface area (Å²) in [6.07, 6.45) is 4.12. The van der Waals surface area contributed by atoms with Gasteiger partial charge in [-0.15, -0.1) is 11.3 Å². The van der Waals surface area contributed by atoms with Crippen LogP contribution in [0.5, 0.6) is 0 Å². The third-order valence-corrected chi connectivity index (χ3v) is 4.20. The van der Waals surface area contributed by atoms with Gasteiger partial charge in [0.05, 0.1) is 11.1 Å².